The molecule has 0 saturated carbocycles. The summed E-state index contributed by atoms with van der Waals surface area (Å²) >= 11 is 4.49. The number of aryl methyl sites for hydroxylation is 1. The molecule has 0 unspecified atom stereocenters. The van der Waals surface area contributed by atoms with Crippen molar-refractivity contribution in [2.75, 3.05) is 17.7 Å². The molecular formula is C17H15BrN2O5S. The van der Waals surface area contributed by atoms with E-state index < -0.39 is 23.4 Å². The number of hydrogen-bond acceptors (Lipinski definition) is 6. The molecule has 0 heterocycles. The number of nitro groups is 1. The van der Waals surface area contributed by atoms with Gasteiger partial charge in [-0.15, -0.1) is 11.8 Å². The Morgan fingerprint density at radius 2 is 2.00 bits per heavy atom. The Kier molecular flexibility index (Phi) is 7.16. The predicted octanol–water partition coefficient (Wildman–Crippen LogP) is 3.94. The van der Waals surface area contributed by atoms with Gasteiger partial charge in [0.2, 0.25) is 0 Å². The molecule has 7 nitrogen and oxygen atoms in total. The lowest BCUT2D eigenvalue weighted by atomic mass is 10.2. The van der Waals surface area contributed by atoms with Crippen LogP contribution in [0.3, 0.4) is 0 Å². The molecule has 26 heavy (non-hydrogen) atoms. The highest BCUT2D eigenvalue weighted by Crippen LogP contribution is 2.27. The van der Waals surface area contributed by atoms with Crippen LogP contribution in [0.1, 0.15) is 5.56 Å². The van der Waals surface area contributed by atoms with Crippen LogP contribution in [0.4, 0.5) is 11.4 Å². The molecule has 1 amide bonds. The van der Waals surface area contributed by atoms with Gasteiger partial charge in [-0.25, -0.2) is 0 Å². The number of anilines is 1. The first-order valence-electron chi connectivity index (χ1n) is 7.44. The standard InChI is InChI=1S/C17H15BrN2O5S/c1-11-4-2-3-5-15(11)26-10-17(22)25-9-16(21)19-14-7-6-12(20(23)24)8-13(14)18/h2-8H,9-10H2,1H3,(H,19,21). The molecule has 0 saturated heterocycles. The summed E-state index contributed by atoms with van der Waals surface area (Å²) in [6.07, 6.45) is 0. The second-order valence-corrected chi connectivity index (χ2v) is 7.06. The van der Waals surface area contributed by atoms with Gasteiger partial charge in [-0.2, -0.15) is 0 Å². The van der Waals surface area contributed by atoms with Crippen molar-refractivity contribution in [3.8, 4) is 0 Å². The fraction of sp³-hybridized carbons (Fsp3) is 0.176. The number of thioether (sulfide) groups is 1. The van der Waals surface area contributed by atoms with E-state index in [1.54, 1.807) is 0 Å². The zero-order chi connectivity index (χ0) is 19.1. The van der Waals surface area contributed by atoms with Crippen molar-refractivity contribution in [2.24, 2.45) is 0 Å². The normalized spacial score (nSPS) is 10.2. The summed E-state index contributed by atoms with van der Waals surface area (Å²) in [7, 11) is 0. The summed E-state index contributed by atoms with van der Waals surface area (Å²) in [6.45, 7) is 1.51. The number of nitrogens with one attached hydrogen (secondary N) is 1. The quantitative estimate of drug-likeness (QED) is 0.304. The van der Waals surface area contributed by atoms with Crippen LogP contribution in [0.5, 0.6) is 0 Å². The Morgan fingerprint density at radius 3 is 2.65 bits per heavy atom. The van der Waals surface area contributed by atoms with Gasteiger partial charge in [0.1, 0.15) is 0 Å². The minimum atomic E-state index is -0.537. The Balaban J connectivity index is 1.80. The highest BCUT2D eigenvalue weighted by Gasteiger charge is 2.13. The van der Waals surface area contributed by atoms with Gasteiger partial charge in [-0.3, -0.25) is 19.7 Å². The van der Waals surface area contributed by atoms with Gasteiger partial charge in [-0.05, 0) is 40.5 Å². The number of hydrogen-bond donors (Lipinski definition) is 1. The van der Waals surface area contributed by atoms with Gasteiger partial charge >= 0.3 is 5.97 Å². The van der Waals surface area contributed by atoms with Gasteiger partial charge in [-0.1, -0.05) is 18.2 Å². The molecule has 0 aliphatic carbocycles. The maximum Gasteiger partial charge on any atom is 0.316 e. The SMILES string of the molecule is Cc1ccccc1SCC(=O)OCC(=O)Nc1ccc([N+](=O)[O-])cc1Br. The summed E-state index contributed by atoms with van der Waals surface area (Å²) in [6, 6.07) is 11.6. The molecule has 2 aromatic carbocycles. The third-order valence-corrected chi connectivity index (χ3v) is 5.05. The predicted molar refractivity (Wildman–Crippen MR) is 102 cm³/mol. The summed E-state index contributed by atoms with van der Waals surface area (Å²) < 4.78 is 5.31. The van der Waals surface area contributed by atoms with E-state index in [1.807, 2.05) is 31.2 Å². The molecule has 2 aromatic rings. The molecule has 9 heteroatoms. The first kappa shape index (κ1) is 19.9. The number of carbonyl (C=O) groups excluding carboxylic acids is 2. The number of amides is 1. The summed E-state index contributed by atoms with van der Waals surface area (Å²) in [5.74, 6) is -0.940. The molecule has 0 atom stereocenters. The van der Waals surface area contributed by atoms with E-state index in [0.29, 0.717) is 10.2 Å². The zero-order valence-electron chi connectivity index (χ0n) is 13.7. The Bertz CT molecular complexity index is 844. The number of carbonyl (C=O) groups is 2. The number of non-ortho nitro benzene ring substituents is 1. The van der Waals surface area contributed by atoms with Crippen molar-refractivity contribution in [1.29, 1.82) is 0 Å². The lowest BCUT2D eigenvalue weighted by Gasteiger charge is -2.08. The molecule has 0 aliphatic rings. The molecular weight excluding hydrogens is 424 g/mol. The summed E-state index contributed by atoms with van der Waals surface area (Å²) in [5, 5.41) is 13.2. The number of nitro benzene ring substituents is 1. The second-order valence-electron chi connectivity index (χ2n) is 5.18. The summed E-state index contributed by atoms with van der Waals surface area (Å²) in [5.41, 5.74) is 1.31. The van der Waals surface area contributed by atoms with Crippen molar-refractivity contribution < 1.29 is 19.2 Å². The molecule has 1 N–H and O–H groups in total. The van der Waals surface area contributed by atoms with Crippen LogP contribution in [0.25, 0.3) is 0 Å². The Labute approximate surface area is 162 Å². The van der Waals surface area contributed by atoms with Gasteiger partial charge in [0.05, 0.1) is 16.4 Å². The van der Waals surface area contributed by atoms with Gasteiger partial charge in [0, 0.05) is 21.5 Å². The van der Waals surface area contributed by atoms with E-state index in [-0.39, 0.29) is 11.4 Å². The first-order chi connectivity index (χ1) is 12.4. The fourth-order valence-electron chi connectivity index (χ4n) is 1.95. The summed E-state index contributed by atoms with van der Waals surface area (Å²) in [4.78, 5) is 34.8. The monoisotopic (exact) mass is 438 g/mol. The average molecular weight is 439 g/mol. The van der Waals surface area contributed by atoms with Gasteiger partial charge < -0.3 is 10.1 Å². The van der Waals surface area contributed by atoms with Crippen LogP contribution in [0.2, 0.25) is 0 Å². The number of nitrogens with zero attached hydrogens (tertiary/aromatic N) is 1. The van der Waals surface area contributed by atoms with Crippen molar-refractivity contribution in [3.63, 3.8) is 0 Å². The van der Waals surface area contributed by atoms with E-state index >= 15 is 0 Å². The Hall–Kier alpha value is -2.39. The van der Waals surface area contributed by atoms with Crippen molar-refractivity contribution >= 4 is 50.9 Å². The van der Waals surface area contributed by atoms with Crippen molar-refractivity contribution in [1.82, 2.24) is 0 Å². The maximum absolute atomic E-state index is 11.9. The van der Waals surface area contributed by atoms with Crippen LogP contribution in [0.15, 0.2) is 51.8 Å². The Morgan fingerprint density at radius 1 is 1.27 bits per heavy atom. The van der Waals surface area contributed by atoms with E-state index in [4.69, 9.17) is 4.74 Å². The molecule has 0 aliphatic heterocycles. The van der Waals surface area contributed by atoms with Crippen LogP contribution >= 0.6 is 27.7 Å². The van der Waals surface area contributed by atoms with Crippen LogP contribution in [0, 0.1) is 17.0 Å². The lowest BCUT2D eigenvalue weighted by Crippen LogP contribution is -2.21. The van der Waals surface area contributed by atoms with E-state index in [9.17, 15) is 19.7 Å². The largest absolute Gasteiger partial charge is 0.455 e. The highest BCUT2D eigenvalue weighted by molar-refractivity contribution is 9.10. The topological polar surface area (TPSA) is 98.5 Å². The van der Waals surface area contributed by atoms with Crippen molar-refractivity contribution in [3.05, 3.63) is 62.6 Å². The first-order valence-corrected chi connectivity index (χ1v) is 9.22. The molecule has 0 aromatic heterocycles. The van der Waals surface area contributed by atoms with Crippen LogP contribution in [-0.2, 0) is 14.3 Å². The van der Waals surface area contributed by atoms with Crippen molar-refractivity contribution in [2.45, 2.75) is 11.8 Å². The third-order valence-electron chi connectivity index (χ3n) is 3.24. The van der Waals surface area contributed by atoms with E-state index in [0.717, 1.165) is 10.5 Å². The fourth-order valence-corrected chi connectivity index (χ4v) is 3.24. The van der Waals surface area contributed by atoms with Gasteiger partial charge in [0.25, 0.3) is 11.6 Å². The minimum Gasteiger partial charge on any atom is -0.455 e. The van der Waals surface area contributed by atoms with E-state index in [1.165, 1.54) is 30.0 Å². The number of halogens is 1. The number of ether oxygens (including phenoxy) is 1. The minimum absolute atomic E-state index is 0.0966. The van der Waals surface area contributed by atoms with Crippen LogP contribution < -0.4 is 5.32 Å². The molecule has 136 valence electrons. The number of esters is 1. The molecule has 0 bridgehead atoms. The highest BCUT2D eigenvalue weighted by atomic mass is 79.9. The maximum atomic E-state index is 11.9. The molecule has 0 spiro atoms. The lowest BCUT2D eigenvalue weighted by molar-refractivity contribution is -0.384. The van der Waals surface area contributed by atoms with E-state index in [2.05, 4.69) is 21.2 Å². The molecule has 2 rings (SSSR count). The zero-order valence-corrected chi connectivity index (χ0v) is 16.1. The number of benzene rings is 2. The average Bonchev–Trinajstić information content (AvgIpc) is 2.60. The third kappa shape index (κ3) is 5.85. The number of rotatable bonds is 7. The molecule has 0 fully saturated rings. The van der Waals surface area contributed by atoms with Gasteiger partial charge in [0.15, 0.2) is 6.61 Å². The smallest absolute Gasteiger partial charge is 0.316 e. The molecule has 0 radical (unpaired) electrons. The second kappa shape index (κ2) is 9.35. The van der Waals surface area contributed by atoms with Crippen LogP contribution in [-0.4, -0.2) is 29.2 Å².